The number of nitrogens with zero attached hydrogens (tertiary/aromatic N) is 2. The maximum Gasteiger partial charge on any atom is 0.341 e. The van der Waals surface area contributed by atoms with E-state index in [0.717, 1.165) is 79.1 Å². The average molecular weight is 509 g/mol. The van der Waals surface area contributed by atoms with E-state index in [-0.39, 0.29) is 18.7 Å². The highest BCUT2D eigenvalue weighted by molar-refractivity contribution is 5.76. The van der Waals surface area contributed by atoms with Gasteiger partial charge in [-0.15, -0.1) is 0 Å². The van der Waals surface area contributed by atoms with Gasteiger partial charge in [0.1, 0.15) is 11.4 Å². The lowest BCUT2D eigenvalue weighted by Crippen LogP contribution is -2.38. The number of benzene rings is 3. The van der Waals surface area contributed by atoms with E-state index in [1.165, 1.54) is 5.56 Å². The number of hydrogen-bond donors (Lipinski definition) is 1. The molecule has 3 aromatic carbocycles. The van der Waals surface area contributed by atoms with E-state index in [1.54, 1.807) is 0 Å². The molecule has 1 aliphatic carbocycles. The van der Waals surface area contributed by atoms with Crippen LogP contribution in [0.1, 0.15) is 61.2 Å². The molecular formula is C32H32N2O4. The first-order chi connectivity index (χ1) is 18.7. The number of likely N-dealkylation sites (tertiary alicyclic amines) is 1. The highest BCUT2D eigenvalue weighted by Crippen LogP contribution is 2.46. The fourth-order valence-corrected chi connectivity index (χ4v) is 6.06. The van der Waals surface area contributed by atoms with Crippen LogP contribution in [0.2, 0.25) is 0 Å². The normalized spacial score (nSPS) is 19.6. The van der Waals surface area contributed by atoms with Crippen molar-refractivity contribution in [1.29, 1.82) is 0 Å². The van der Waals surface area contributed by atoms with Gasteiger partial charge >= 0.3 is 5.97 Å². The van der Waals surface area contributed by atoms with Crippen molar-refractivity contribution in [3.05, 3.63) is 95.9 Å². The van der Waals surface area contributed by atoms with Crippen molar-refractivity contribution in [3.63, 3.8) is 0 Å². The molecule has 0 bridgehead atoms. The van der Waals surface area contributed by atoms with Gasteiger partial charge in [0.2, 0.25) is 5.89 Å². The number of rotatable bonds is 7. The maximum atomic E-state index is 11.1. The minimum Gasteiger partial charge on any atom is -0.482 e. The maximum absolute atomic E-state index is 11.1. The van der Waals surface area contributed by atoms with Crippen LogP contribution in [0.4, 0.5) is 0 Å². The first-order valence-electron chi connectivity index (χ1n) is 13.5. The van der Waals surface area contributed by atoms with Crippen molar-refractivity contribution < 1.29 is 19.1 Å². The Kier molecular flexibility index (Phi) is 6.97. The molecule has 2 unspecified atom stereocenters. The van der Waals surface area contributed by atoms with Gasteiger partial charge in [-0.25, -0.2) is 9.78 Å². The van der Waals surface area contributed by atoms with Gasteiger partial charge in [-0.2, -0.15) is 0 Å². The first kappa shape index (κ1) is 24.4. The van der Waals surface area contributed by atoms with Crippen LogP contribution in [0.3, 0.4) is 0 Å². The molecule has 2 atom stereocenters. The molecule has 194 valence electrons. The minimum atomic E-state index is -0.960. The van der Waals surface area contributed by atoms with Crippen LogP contribution >= 0.6 is 0 Å². The van der Waals surface area contributed by atoms with Crippen LogP contribution in [0.15, 0.2) is 83.3 Å². The zero-order valence-electron chi connectivity index (χ0n) is 21.4. The summed E-state index contributed by atoms with van der Waals surface area (Å²) < 4.78 is 12.3. The number of aliphatic carboxylic acids is 1. The molecule has 0 saturated carbocycles. The summed E-state index contributed by atoms with van der Waals surface area (Å²) in [4.78, 5) is 18.9. The number of aromatic nitrogens is 1. The van der Waals surface area contributed by atoms with Crippen molar-refractivity contribution >= 4 is 5.97 Å². The van der Waals surface area contributed by atoms with E-state index < -0.39 is 5.97 Å². The Labute approximate surface area is 222 Å². The summed E-state index contributed by atoms with van der Waals surface area (Å²) in [5.41, 5.74) is 5.33. The van der Waals surface area contributed by atoms with Crippen molar-refractivity contribution in [2.75, 3.05) is 13.2 Å². The third kappa shape index (κ3) is 4.84. The number of carboxylic acid groups (broad SMARTS) is 1. The smallest absolute Gasteiger partial charge is 0.341 e. The Morgan fingerprint density at radius 2 is 1.63 bits per heavy atom. The number of hydrogen-bond acceptors (Lipinski definition) is 5. The summed E-state index contributed by atoms with van der Waals surface area (Å²) in [6.07, 6.45) is 6.23. The minimum absolute atomic E-state index is 0.0724. The Morgan fingerprint density at radius 1 is 0.895 bits per heavy atom. The summed E-state index contributed by atoms with van der Waals surface area (Å²) in [5.74, 6) is 1.31. The summed E-state index contributed by atoms with van der Waals surface area (Å²) in [7, 11) is 0. The van der Waals surface area contributed by atoms with Gasteiger partial charge in [0, 0.05) is 17.2 Å². The Morgan fingerprint density at radius 3 is 2.39 bits per heavy atom. The van der Waals surface area contributed by atoms with Gasteiger partial charge in [-0.05, 0) is 55.8 Å². The van der Waals surface area contributed by atoms with Crippen molar-refractivity contribution in [1.82, 2.24) is 9.88 Å². The molecule has 0 radical (unpaired) electrons. The van der Waals surface area contributed by atoms with E-state index in [0.29, 0.717) is 5.75 Å². The molecule has 0 spiro atoms. The molecule has 38 heavy (non-hydrogen) atoms. The van der Waals surface area contributed by atoms with Crippen LogP contribution in [-0.2, 0) is 11.2 Å². The molecule has 1 fully saturated rings. The van der Waals surface area contributed by atoms with Crippen LogP contribution in [0.5, 0.6) is 5.75 Å². The van der Waals surface area contributed by atoms with Gasteiger partial charge < -0.3 is 14.3 Å². The van der Waals surface area contributed by atoms with Crippen LogP contribution in [0.25, 0.3) is 22.6 Å². The molecular weight excluding hydrogens is 476 g/mol. The quantitative estimate of drug-likeness (QED) is 0.288. The third-order valence-electron chi connectivity index (χ3n) is 7.74. The van der Waals surface area contributed by atoms with Crippen molar-refractivity contribution in [2.24, 2.45) is 0 Å². The van der Waals surface area contributed by atoms with Crippen molar-refractivity contribution in [2.45, 2.75) is 50.6 Å². The number of carbonyl (C=O) groups is 1. The number of fused-ring (bicyclic) bond motifs is 1. The van der Waals surface area contributed by atoms with Gasteiger partial charge in [0.25, 0.3) is 0 Å². The number of ether oxygens (including phenoxy) is 1. The van der Waals surface area contributed by atoms with Crippen LogP contribution in [-0.4, -0.2) is 34.1 Å². The van der Waals surface area contributed by atoms with Gasteiger partial charge in [0.15, 0.2) is 12.4 Å². The molecule has 0 amide bonds. The summed E-state index contributed by atoms with van der Waals surface area (Å²) >= 11 is 0. The SMILES string of the molecule is O=C(O)COc1cccc2c1CCCC2N1CCCCC1c1nc(-c2ccccc2)c(-c2ccccc2)o1. The average Bonchev–Trinajstić information content (AvgIpc) is 3.42. The fraction of sp³-hybridized carbons (Fsp3) is 0.312. The van der Waals surface area contributed by atoms with Gasteiger partial charge in [-0.1, -0.05) is 79.2 Å². The number of carboxylic acids is 1. The van der Waals surface area contributed by atoms with E-state index in [4.69, 9.17) is 19.2 Å². The predicted molar refractivity (Wildman–Crippen MR) is 146 cm³/mol. The van der Waals surface area contributed by atoms with E-state index in [1.807, 2.05) is 48.5 Å². The van der Waals surface area contributed by atoms with Crippen LogP contribution in [0, 0.1) is 0 Å². The van der Waals surface area contributed by atoms with Gasteiger partial charge in [0.05, 0.1) is 6.04 Å². The molecule has 6 rings (SSSR count). The molecule has 1 saturated heterocycles. The largest absolute Gasteiger partial charge is 0.482 e. The second-order valence-electron chi connectivity index (χ2n) is 10.1. The van der Waals surface area contributed by atoms with E-state index >= 15 is 0 Å². The zero-order valence-corrected chi connectivity index (χ0v) is 21.4. The molecule has 2 heterocycles. The lowest BCUT2D eigenvalue weighted by Gasteiger charge is -2.42. The van der Waals surface area contributed by atoms with Gasteiger partial charge in [-0.3, -0.25) is 4.90 Å². The Bertz CT molecular complexity index is 1340. The predicted octanol–water partition coefficient (Wildman–Crippen LogP) is 7.08. The molecule has 4 aromatic rings. The first-order valence-corrected chi connectivity index (χ1v) is 13.5. The highest BCUT2D eigenvalue weighted by atomic mass is 16.5. The molecule has 2 aliphatic rings. The topological polar surface area (TPSA) is 75.8 Å². The number of oxazole rings is 1. The number of piperidine rings is 1. The second-order valence-corrected chi connectivity index (χ2v) is 10.1. The van der Waals surface area contributed by atoms with Crippen LogP contribution < -0.4 is 4.74 Å². The zero-order chi connectivity index (χ0) is 25.9. The molecule has 1 aliphatic heterocycles. The lowest BCUT2D eigenvalue weighted by molar-refractivity contribution is -0.139. The molecule has 6 heteroatoms. The second kappa shape index (κ2) is 10.8. The third-order valence-corrected chi connectivity index (χ3v) is 7.74. The van der Waals surface area contributed by atoms with E-state index in [2.05, 4.69) is 35.2 Å². The molecule has 6 nitrogen and oxygen atoms in total. The fourth-order valence-electron chi connectivity index (χ4n) is 6.06. The summed E-state index contributed by atoms with van der Waals surface area (Å²) in [6.45, 7) is 0.646. The monoisotopic (exact) mass is 508 g/mol. The summed E-state index contributed by atoms with van der Waals surface area (Å²) in [5, 5.41) is 9.13. The van der Waals surface area contributed by atoms with E-state index in [9.17, 15) is 4.79 Å². The standard InChI is InChI=1S/C32H32N2O4/c35-29(36)21-37-28-19-10-15-24-25(28)16-9-18-26(24)34-20-8-7-17-27(34)32-33-30(22-11-3-1-4-12-22)31(38-32)23-13-5-2-6-14-23/h1-6,10-15,19,26-27H,7-9,16-18,20-21H2,(H,35,36). The Balaban J connectivity index is 1.38. The highest BCUT2D eigenvalue weighted by Gasteiger charge is 2.37. The Hall–Kier alpha value is -3.90. The van der Waals surface area contributed by atoms with Crippen molar-refractivity contribution in [3.8, 4) is 28.3 Å². The summed E-state index contributed by atoms with van der Waals surface area (Å²) in [6, 6.07) is 26.8. The lowest BCUT2D eigenvalue weighted by atomic mass is 9.84. The molecule has 1 aromatic heterocycles. The molecule has 1 N–H and O–H groups in total.